The zero-order chi connectivity index (χ0) is 38.0. The number of hydrogen-bond donors (Lipinski definition) is 3. The largest absolute Gasteiger partial charge is 0.392 e. The predicted molar refractivity (Wildman–Crippen MR) is 178 cm³/mol. The first-order valence-corrected chi connectivity index (χ1v) is 16.1. The van der Waals surface area contributed by atoms with Crippen LogP contribution in [0.15, 0.2) is 91.4 Å². The summed E-state index contributed by atoms with van der Waals surface area (Å²) >= 11 is 0. The second kappa shape index (κ2) is 14.8. The fraction of sp³-hybridized carbons (Fsp3) is 0.286. The van der Waals surface area contributed by atoms with Crippen LogP contribution < -0.4 is 15.1 Å². The molecule has 5 aromatic rings. The molecule has 53 heavy (non-hydrogen) atoms. The van der Waals surface area contributed by atoms with Crippen LogP contribution >= 0.6 is 0 Å². The van der Waals surface area contributed by atoms with Crippen LogP contribution in [0.5, 0.6) is 0 Å². The number of nitrogens with zero attached hydrogens (tertiary/aromatic N) is 7. The third kappa shape index (κ3) is 8.23. The van der Waals surface area contributed by atoms with Gasteiger partial charge in [-0.1, -0.05) is 18.2 Å². The number of halogens is 7. The molecule has 1 saturated heterocycles. The summed E-state index contributed by atoms with van der Waals surface area (Å²) in [7, 11) is 0. The Balaban J connectivity index is 1.09. The van der Waals surface area contributed by atoms with Gasteiger partial charge in [0.15, 0.2) is 5.60 Å². The van der Waals surface area contributed by atoms with Gasteiger partial charge in [0, 0.05) is 66.6 Å². The van der Waals surface area contributed by atoms with Gasteiger partial charge in [-0.15, -0.1) is 5.10 Å². The number of alkyl halides is 5. The van der Waals surface area contributed by atoms with E-state index >= 15 is 8.78 Å². The lowest BCUT2D eigenvalue weighted by Crippen LogP contribution is -2.48. The van der Waals surface area contributed by atoms with E-state index in [2.05, 4.69) is 35.6 Å². The van der Waals surface area contributed by atoms with E-state index in [1.807, 2.05) is 12.1 Å². The van der Waals surface area contributed by atoms with Gasteiger partial charge in [-0.05, 0) is 70.6 Å². The summed E-state index contributed by atoms with van der Waals surface area (Å²) < 4.78 is 98.9. The van der Waals surface area contributed by atoms with Gasteiger partial charge in [0.2, 0.25) is 0 Å². The molecule has 11 nitrogen and oxygen atoms in total. The van der Waals surface area contributed by atoms with Crippen LogP contribution in [-0.4, -0.2) is 79.8 Å². The van der Waals surface area contributed by atoms with Gasteiger partial charge < -0.3 is 25.3 Å². The minimum atomic E-state index is -4.67. The summed E-state index contributed by atoms with van der Waals surface area (Å²) in [5.74, 6) is -7.74. The molecule has 1 fully saturated rings. The Morgan fingerprint density at radius 3 is 1.96 bits per heavy atom. The van der Waals surface area contributed by atoms with Crippen molar-refractivity contribution < 1.29 is 45.7 Å². The Hall–Kier alpha value is -5.62. The number of aromatic nitrogens is 5. The molecule has 1 aliphatic heterocycles. The van der Waals surface area contributed by atoms with Gasteiger partial charge in [-0.25, -0.2) is 13.5 Å². The topological polar surface area (TPSA) is 133 Å². The van der Waals surface area contributed by atoms with E-state index in [0.29, 0.717) is 43.4 Å². The van der Waals surface area contributed by atoms with E-state index in [1.165, 1.54) is 12.3 Å². The smallest absolute Gasteiger partial charge is 0.383 e. The van der Waals surface area contributed by atoms with E-state index in [0.717, 1.165) is 40.6 Å². The maximum Gasteiger partial charge on any atom is 0.392 e. The van der Waals surface area contributed by atoms with E-state index in [9.17, 15) is 37.0 Å². The lowest BCUT2D eigenvalue weighted by molar-refractivity contribution is -0.207. The molecule has 0 bridgehead atoms. The molecule has 0 radical (unpaired) electrons. The number of nitrogens with one attached hydrogen (secondary N) is 1. The number of carbonyl (C=O) groups is 1. The number of aliphatic hydroxyl groups is 2. The minimum absolute atomic E-state index is 0.250. The van der Waals surface area contributed by atoms with Crippen LogP contribution in [0.1, 0.15) is 17.7 Å². The molecule has 6 rings (SSSR count). The quantitative estimate of drug-likeness (QED) is 0.155. The molecule has 2 unspecified atom stereocenters. The normalized spacial score (nSPS) is 15.6. The zero-order valence-corrected chi connectivity index (χ0v) is 27.6. The number of rotatable bonds is 11. The first-order chi connectivity index (χ1) is 25.1. The van der Waals surface area contributed by atoms with Crippen molar-refractivity contribution in [1.29, 1.82) is 0 Å². The molecular formula is C35H31F7N8O3. The highest BCUT2D eigenvalue weighted by Gasteiger charge is 2.58. The number of amides is 1. The Kier molecular flexibility index (Phi) is 10.4. The molecule has 2 aromatic heterocycles. The molecule has 2 atom stereocenters. The number of anilines is 3. The predicted octanol–water partition coefficient (Wildman–Crippen LogP) is 5.27. The van der Waals surface area contributed by atoms with Crippen LogP contribution in [0.2, 0.25) is 0 Å². The SMILES string of the molecule is O=C(Nc1ccc(N2CCN(c3ccc(-c4ccc(C(F)(F)C(O)(Cn5cnnn5)c5ccc(F)cc5F)nc4)cc3)CC2)cc1)C(O)CC(F)(F)F. The lowest BCUT2D eigenvalue weighted by atomic mass is 9.84. The maximum absolute atomic E-state index is 16.1. The van der Waals surface area contributed by atoms with Crippen LogP contribution in [-0.2, 0) is 22.9 Å². The van der Waals surface area contributed by atoms with Crippen LogP contribution in [0.25, 0.3) is 11.1 Å². The van der Waals surface area contributed by atoms with Gasteiger partial charge in [0.1, 0.15) is 29.8 Å². The van der Waals surface area contributed by atoms with Crippen molar-refractivity contribution in [3.63, 3.8) is 0 Å². The number of pyridine rings is 1. The molecule has 3 aromatic carbocycles. The molecule has 3 heterocycles. The maximum atomic E-state index is 16.1. The third-order valence-corrected chi connectivity index (χ3v) is 8.84. The summed E-state index contributed by atoms with van der Waals surface area (Å²) in [6.45, 7) is 1.60. The fourth-order valence-corrected chi connectivity index (χ4v) is 6.01. The Bertz CT molecular complexity index is 2010. The Morgan fingerprint density at radius 1 is 0.830 bits per heavy atom. The summed E-state index contributed by atoms with van der Waals surface area (Å²) in [6.07, 6.45) is -6.35. The van der Waals surface area contributed by atoms with Crippen molar-refractivity contribution in [2.75, 3.05) is 41.3 Å². The van der Waals surface area contributed by atoms with Crippen molar-refractivity contribution in [2.45, 2.75) is 36.8 Å². The van der Waals surface area contributed by atoms with E-state index in [-0.39, 0.29) is 5.69 Å². The van der Waals surface area contributed by atoms with Crippen LogP contribution in [0, 0.1) is 11.6 Å². The molecule has 1 amide bonds. The Morgan fingerprint density at radius 2 is 1.43 bits per heavy atom. The summed E-state index contributed by atoms with van der Waals surface area (Å²) in [5, 5.41) is 33.4. The highest BCUT2D eigenvalue weighted by molar-refractivity contribution is 5.94. The van der Waals surface area contributed by atoms with Gasteiger partial charge in [0.05, 0.1) is 13.0 Å². The van der Waals surface area contributed by atoms with Crippen molar-refractivity contribution in [3.05, 3.63) is 114 Å². The number of hydrogen-bond acceptors (Lipinski definition) is 9. The summed E-state index contributed by atoms with van der Waals surface area (Å²) in [6, 6.07) is 18.2. The van der Waals surface area contributed by atoms with E-state index < -0.39 is 65.6 Å². The number of carbonyl (C=O) groups excluding carboxylic acids is 1. The number of benzene rings is 3. The molecule has 278 valence electrons. The van der Waals surface area contributed by atoms with Gasteiger partial charge in [0.25, 0.3) is 5.91 Å². The molecule has 18 heteroatoms. The average Bonchev–Trinajstić information content (AvgIpc) is 3.64. The highest BCUT2D eigenvalue weighted by atomic mass is 19.4. The van der Waals surface area contributed by atoms with Crippen molar-refractivity contribution in [1.82, 2.24) is 25.2 Å². The molecule has 3 N–H and O–H groups in total. The van der Waals surface area contributed by atoms with Crippen LogP contribution in [0.3, 0.4) is 0 Å². The standard InChI is InChI=1S/C35H31F7N8O3/c36-24-4-11-28(29(37)17-24)33(53,20-50-21-44-46-47-50)35(41,42)31-12-3-23(19-43-31)22-1-7-26(8-2-22)48-13-15-49(16-14-48)27-9-5-25(6-10-27)45-32(52)30(51)18-34(38,39)40/h1-12,17,19,21,30,51,53H,13-16,18,20H2,(H,45,52). The molecular weight excluding hydrogens is 713 g/mol. The second-order valence-electron chi connectivity index (χ2n) is 12.4. The number of piperazine rings is 1. The average molecular weight is 745 g/mol. The van der Waals surface area contributed by atoms with Crippen LogP contribution in [0.4, 0.5) is 47.8 Å². The third-order valence-electron chi connectivity index (χ3n) is 8.84. The molecule has 0 aliphatic carbocycles. The number of tetrazole rings is 1. The minimum Gasteiger partial charge on any atom is -0.383 e. The summed E-state index contributed by atoms with van der Waals surface area (Å²) in [5.41, 5.74) is -1.83. The Labute approximate surface area is 297 Å². The zero-order valence-electron chi connectivity index (χ0n) is 27.6. The molecule has 1 aliphatic rings. The monoisotopic (exact) mass is 744 g/mol. The van der Waals surface area contributed by atoms with E-state index in [1.54, 1.807) is 36.4 Å². The van der Waals surface area contributed by atoms with Crippen molar-refractivity contribution >= 4 is 23.0 Å². The van der Waals surface area contributed by atoms with E-state index in [4.69, 9.17) is 0 Å². The van der Waals surface area contributed by atoms with Gasteiger partial charge >= 0.3 is 12.1 Å². The number of aliphatic hydroxyl groups excluding tert-OH is 1. The molecule has 0 spiro atoms. The highest BCUT2D eigenvalue weighted by Crippen LogP contribution is 2.47. The second-order valence-corrected chi connectivity index (χ2v) is 12.4. The first-order valence-electron chi connectivity index (χ1n) is 16.1. The fourth-order valence-electron chi connectivity index (χ4n) is 6.01. The van der Waals surface area contributed by atoms with Crippen molar-refractivity contribution in [2.24, 2.45) is 0 Å². The first kappa shape index (κ1) is 37.1. The van der Waals surface area contributed by atoms with Gasteiger partial charge in [-0.2, -0.15) is 22.0 Å². The summed E-state index contributed by atoms with van der Waals surface area (Å²) in [4.78, 5) is 20.1. The molecule has 0 saturated carbocycles. The van der Waals surface area contributed by atoms with Crippen molar-refractivity contribution in [3.8, 4) is 11.1 Å². The van der Waals surface area contributed by atoms with Gasteiger partial charge in [-0.3, -0.25) is 9.78 Å². The lowest BCUT2D eigenvalue weighted by Gasteiger charge is -2.37.